The van der Waals surface area contributed by atoms with Gasteiger partial charge in [0.1, 0.15) is 6.04 Å². The number of nitrogens with zero attached hydrogens (tertiary/aromatic N) is 2. The summed E-state index contributed by atoms with van der Waals surface area (Å²) in [6.07, 6.45) is 2.95. The Balaban J connectivity index is 1.75. The van der Waals surface area contributed by atoms with Gasteiger partial charge in [0.2, 0.25) is 11.8 Å². The smallest absolute Gasteiger partial charge is 0.328 e. The summed E-state index contributed by atoms with van der Waals surface area (Å²) in [4.78, 5) is 40.7. The summed E-state index contributed by atoms with van der Waals surface area (Å²) >= 11 is 0. The van der Waals surface area contributed by atoms with E-state index in [1.807, 2.05) is 20.8 Å². The van der Waals surface area contributed by atoms with Gasteiger partial charge in [-0.05, 0) is 25.7 Å². The first kappa shape index (κ1) is 21.6. The molecule has 0 radical (unpaired) electrons. The van der Waals surface area contributed by atoms with Crippen molar-refractivity contribution in [3.8, 4) is 0 Å². The molecule has 1 saturated heterocycles. The predicted octanol–water partition coefficient (Wildman–Crippen LogP) is -0.0250. The molecule has 0 aromatic heterocycles. The third-order valence-corrected chi connectivity index (χ3v) is 5.61. The van der Waals surface area contributed by atoms with Crippen LogP contribution in [0.4, 0.5) is 0 Å². The van der Waals surface area contributed by atoms with Gasteiger partial charge in [-0.25, -0.2) is 4.79 Å². The number of piperazine rings is 1. The second kappa shape index (κ2) is 10.0. The van der Waals surface area contributed by atoms with Crippen LogP contribution in [0.2, 0.25) is 0 Å². The average Bonchev–Trinajstić information content (AvgIpc) is 3.48. The number of nitrogens with one attached hydrogen (secondary N) is 2. The number of hydrogen-bond donors (Lipinski definition) is 2. The molecule has 8 nitrogen and oxygen atoms in total. The fourth-order valence-electron chi connectivity index (χ4n) is 3.24. The Hall–Kier alpha value is -1.67. The Labute approximate surface area is 162 Å². The van der Waals surface area contributed by atoms with Crippen molar-refractivity contribution in [3.05, 3.63) is 0 Å². The molecule has 27 heavy (non-hydrogen) atoms. The maximum absolute atomic E-state index is 12.4. The van der Waals surface area contributed by atoms with Crippen molar-refractivity contribution in [2.75, 3.05) is 39.8 Å². The van der Waals surface area contributed by atoms with E-state index in [0.29, 0.717) is 6.04 Å². The highest BCUT2D eigenvalue weighted by atomic mass is 16.5. The van der Waals surface area contributed by atoms with Crippen LogP contribution >= 0.6 is 0 Å². The van der Waals surface area contributed by atoms with Crippen LogP contribution in [0.5, 0.6) is 0 Å². The van der Waals surface area contributed by atoms with E-state index in [9.17, 15) is 14.4 Å². The first-order valence-corrected chi connectivity index (χ1v) is 9.99. The van der Waals surface area contributed by atoms with Gasteiger partial charge in [-0.3, -0.25) is 19.4 Å². The zero-order valence-corrected chi connectivity index (χ0v) is 17.0. The van der Waals surface area contributed by atoms with E-state index in [1.165, 1.54) is 7.11 Å². The molecule has 0 unspecified atom stereocenters. The van der Waals surface area contributed by atoms with Crippen LogP contribution in [0.15, 0.2) is 0 Å². The van der Waals surface area contributed by atoms with Crippen molar-refractivity contribution in [1.29, 1.82) is 0 Å². The third-order valence-electron chi connectivity index (χ3n) is 5.61. The number of carbonyl (C=O) groups is 3. The second-order valence-corrected chi connectivity index (χ2v) is 7.72. The lowest BCUT2D eigenvalue weighted by Gasteiger charge is -2.37. The first-order valence-electron chi connectivity index (χ1n) is 9.99. The summed E-state index contributed by atoms with van der Waals surface area (Å²) in [5, 5.41) is 5.86. The van der Waals surface area contributed by atoms with E-state index in [2.05, 4.69) is 20.4 Å². The van der Waals surface area contributed by atoms with Crippen molar-refractivity contribution < 1.29 is 19.1 Å². The lowest BCUT2D eigenvalue weighted by molar-refractivity contribution is -0.146. The van der Waals surface area contributed by atoms with Gasteiger partial charge < -0.3 is 15.4 Å². The zero-order chi connectivity index (χ0) is 20.0. The number of amides is 2. The summed E-state index contributed by atoms with van der Waals surface area (Å²) < 4.78 is 4.81. The monoisotopic (exact) mass is 382 g/mol. The van der Waals surface area contributed by atoms with E-state index in [4.69, 9.17) is 4.74 Å². The minimum atomic E-state index is -0.611. The number of methoxy groups -OCH3 is 1. The quantitative estimate of drug-likeness (QED) is 0.545. The van der Waals surface area contributed by atoms with Crippen molar-refractivity contribution in [2.45, 2.75) is 58.2 Å². The van der Waals surface area contributed by atoms with Crippen molar-refractivity contribution in [3.63, 3.8) is 0 Å². The van der Waals surface area contributed by atoms with E-state index < -0.39 is 12.0 Å². The molecule has 2 rings (SSSR count). The van der Waals surface area contributed by atoms with Crippen molar-refractivity contribution in [2.24, 2.45) is 5.92 Å². The van der Waals surface area contributed by atoms with Crippen molar-refractivity contribution >= 4 is 17.8 Å². The van der Waals surface area contributed by atoms with E-state index in [0.717, 1.165) is 45.4 Å². The van der Waals surface area contributed by atoms with E-state index in [1.54, 1.807) is 0 Å². The first-order chi connectivity index (χ1) is 12.8. The topological polar surface area (TPSA) is 91.0 Å². The molecule has 0 bridgehead atoms. The molecule has 8 heteroatoms. The average molecular weight is 383 g/mol. The molecule has 0 aromatic rings. The Morgan fingerprint density at radius 1 is 1.11 bits per heavy atom. The lowest BCUT2D eigenvalue weighted by Crippen LogP contribution is -2.56. The Morgan fingerprint density at radius 2 is 1.74 bits per heavy atom. The summed E-state index contributed by atoms with van der Waals surface area (Å²) in [7, 11) is 1.34. The molecular formula is C19H34N4O4. The van der Waals surface area contributed by atoms with Crippen LogP contribution in [0, 0.1) is 5.92 Å². The van der Waals surface area contributed by atoms with Crippen LogP contribution in [0.25, 0.3) is 0 Å². The van der Waals surface area contributed by atoms with Gasteiger partial charge in [-0.2, -0.15) is 0 Å². The zero-order valence-electron chi connectivity index (χ0n) is 17.0. The minimum Gasteiger partial charge on any atom is -0.467 e. The highest BCUT2D eigenvalue weighted by Gasteiger charge is 2.31. The highest BCUT2D eigenvalue weighted by molar-refractivity contribution is 5.85. The third kappa shape index (κ3) is 6.46. The van der Waals surface area contributed by atoms with Gasteiger partial charge in [0, 0.05) is 32.2 Å². The molecule has 2 N–H and O–H groups in total. The number of hydrogen-bond acceptors (Lipinski definition) is 6. The van der Waals surface area contributed by atoms with Crippen LogP contribution in [-0.2, 0) is 19.1 Å². The van der Waals surface area contributed by atoms with Crippen LogP contribution in [0.3, 0.4) is 0 Å². The van der Waals surface area contributed by atoms with Crippen LogP contribution < -0.4 is 10.6 Å². The molecular weight excluding hydrogens is 348 g/mol. The minimum absolute atomic E-state index is 0.0177. The lowest BCUT2D eigenvalue weighted by atomic mass is 9.99. The molecule has 2 amide bonds. The summed E-state index contributed by atoms with van der Waals surface area (Å²) in [5.74, 6) is -0.459. The van der Waals surface area contributed by atoms with Crippen LogP contribution in [-0.4, -0.2) is 85.5 Å². The van der Waals surface area contributed by atoms with Gasteiger partial charge in [0.15, 0.2) is 0 Å². The molecule has 2 aliphatic rings. The molecule has 1 saturated carbocycles. The van der Waals surface area contributed by atoms with Gasteiger partial charge in [-0.15, -0.1) is 0 Å². The summed E-state index contributed by atoms with van der Waals surface area (Å²) in [6, 6.07) is -0.381. The van der Waals surface area contributed by atoms with Gasteiger partial charge in [-0.1, -0.05) is 20.3 Å². The maximum atomic E-state index is 12.4. The fraction of sp³-hybridized carbons (Fsp3) is 0.842. The standard InChI is InChI=1S/C19H34N4O4/c1-5-13(2)17(19(26)27-4)21-16(24)12-22-8-10-23(11-9-22)14(3)18(25)20-15-6-7-15/h13-15,17H,5-12H2,1-4H3,(H,20,25)(H,21,24)/t13-,14-,17+/m0/s1. The van der Waals surface area contributed by atoms with Gasteiger partial charge >= 0.3 is 5.97 Å². The van der Waals surface area contributed by atoms with Gasteiger partial charge in [0.25, 0.3) is 0 Å². The fourth-order valence-corrected chi connectivity index (χ4v) is 3.24. The Morgan fingerprint density at radius 3 is 2.26 bits per heavy atom. The summed E-state index contributed by atoms with van der Waals surface area (Å²) in [5.41, 5.74) is 0. The normalized spacial score (nSPS) is 21.8. The number of esters is 1. The Bertz CT molecular complexity index is 530. The number of rotatable bonds is 9. The predicted molar refractivity (Wildman–Crippen MR) is 102 cm³/mol. The number of carbonyl (C=O) groups excluding carboxylic acids is 3. The molecule has 3 atom stereocenters. The number of ether oxygens (including phenoxy) is 1. The summed E-state index contributed by atoms with van der Waals surface area (Å²) in [6.45, 7) is 9.03. The second-order valence-electron chi connectivity index (χ2n) is 7.72. The highest BCUT2D eigenvalue weighted by Crippen LogP contribution is 2.19. The van der Waals surface area contributed by atoms with Gasteiger partial charge in [0.05, 0.1) is 19.7 Å². The van der Waals surface area contributed by atoms with E-state index >= 15 is 0 Å². The molecule has 1 aliphatic heterocycles. The van der Waals surface area contributed by atoms with Crippen LogP contribution in [0.1, 0.15) is 40.0 Å². The van der Waals surface area contributed by atoms with E-state index in [-0.39, 0.29) is 30.3 Å². The molecule has 1 heterocycles. The maximum Gasteiger partial charge on any atom is 0.328 e. The molecule has 0 spiro atoms. The Kier molecular flexibility index (Phi) is 8.04. The molecule has 0 aromatic carbocycles. The molecule has 2 fully saturated rings. The largest absolute Gasteiger partial charge is 0.467 e. The molecule has 1 aliphatic carbocycles. The van der Waals surface area contributed by atoms with Crippen molar-refractivity contribution in [1.82, 2.24) is 20.4 Å². The molecule has 154 valence electrons. The SMILES string of the molecule is CC[C@H](C)[C@@H](NC(=O)CN1CCN([C@@H](C)C(=O)NC2CC2)CC1)C(=O)OC.